The van der Waals surface area contributed by atoms with Gasteiger partial charge < -0.3 is 4.90 Å². The Morgan fingerprint density at radius 3 is 2.60 bits per heavy atom. The highest BCUT2D eigenvalue weighted by molar-refractivity contribution is 14.1. The summed E-state index contributed by atoms with van der Waals surface area (Å²) in [5.74, 6) is 0. The molecule has 1 aromatic rings. The summed E-state index contributed by atoms with van der Waals surface area (Å²) in [5.41, 5.74) is 1.18. The number of hydrogen-bond acceptors (Lipinski definition) is 3. The standard InChI is InChI=1S/C11H16IN3/c1-14-4-6-15(7-5-14)9-11-3-2-10(12)8-13-11/h2-3,8H,4-7,9H2,1H3. The first-order valence-electron chi connectivity index (χ1n) is 5.25. The Hall–Kier alpha value is -0.200. The van der Waals surface area contributed by atoms with E-state index < -0.39 is 0 Å². The van der Waals surface area contributed by atoms with Gasteiger partial charge in [-0.1, -0.05) is 0 Å². The largest absolute Gasteiger partial charge is 0.304 e. The van der Waals surface area contributed by atoms with Gasteiger partial charge in [0.1, 0.15) is 0 Å². The zero-order chi connectivity index (χ0) is 10.7. The van der Waals surface area contributed by atoms with E-state index in [-0.39, 0.29) is 0 Å². The first kappa shape index (κ1) is 11.3. The number of halogens is 1. The molecule has 1 saturated heterocycles. The Morgan fingerprint density at radius 1 is 1.27 bits per heavy atom. The van der Waals surface area contributed by atoms with E-state index in [1.54, 1.807) is 0 Å². The highest BCUT2D eigenvalue weighted by Crippen LogP contribution is 2.07. The molecule has 0 N–H and O–H groups in total. The molecule has 0 aliphatic carbocycles. The summed E-state index contributed by atoms with van der Waals surface area (Å²) in [7, 11) is 2.18. The van der Waals surface area contributed by atoms with E-state index in [4.69, 9.17) is 0 Å². The van der Waals surface area contributed by atoms with Gasteiger partial charge >= 0.3 is 0 Å². The summed E-state index contributed by atoms with van der Waals surface area (Å²) in [4.78, 5) is 9.27. The fourth-order valence-corrected chi connectivity index (χ4v) is 2.05. The zero-order valence-corrected chi connectivity index (χ0v) is 11.1. The molecular formula is C11H16IN3. The molecule has 1 aliphatic heterocycles. The molecular weight excluding hydrogens is 301 g/mol. The average Bonchev–Trinajstić information content (AvgIpc) is 2.25. The van der Waals surface area contributed by atoms with Crippen molar-refractivity contribution in [2.45, 2.75) is 6.54 Å². The summed E-state index contributed by atoms with van der Waals surface area (Å²) in [6, 6.07) is 4.25. The molecule has 82 valence electrons. The normalized spacial score (nSPS) is 19.3. The Balaban J connectivity index is 1.89. The third kappa shape index (κ3) is 3.39. The number of aromatic nitrogens is 1. The molecule has 2 heterocycles. The number of piperazine rings is 1. The smallest absolute Gasteiger partial charge is 0.0544 e. The van der Waals surface area contributed by atoms with Crippen molar-refractivity contribution >= 4 is 22.6 Å². The van der Waals surface area contributed by atoms with Crippen LogP contribution in [0.25, 0.3) is 0 Å². The third-order valence-corrected chi connectivity index (χ3v) is 3.41. The highest BCUT2D eigenvalue weighted by atomic mass is 127. The van der Waals surface area contributed by atoms with Crippen LogP contribution >= 0.6 is 22.6 Å². The Labute approximate surface area is 105 Å². The van der Waals surface area contributed by atoms with Gasteiger partial charge in [-0.15, -0.1) is 0 Å². The lowest BCUT2D eigenvalue weighted by Crippen LogP contribution is -2.43. The van der Waals surface area contributed by atoms with Crippen LogP contribution in [0.2, 0.25) is 0 Å². The molecule has 1 aliphatic rings. The quantitative estimate of drug-likeness (QED) is 0.770. The monoisotopic (exact) mass is 317 g/mol. The Morgan fingerprint density at radius 2 is 2.00 bits per heavy atom. The first-order valence-corrected chi connectivity index (χ1v) is 6.33. The van der Waals surface area contributed by atoms with E-state index in [0.717, 1.165) is 19.6 Å². The molecule has 2 rings (SSSR count). The molecule has 0 radical (unpaired) electrons. The van der Waals surface area contributed by atoms with Gasteiger partial charge in [-0.25, -0.2) is 0 Å². The topological polar surface area (TPSA) is 19.4 Å². The second-order valence-corrected chi connectivity index (χ2v) is 5.29. The highest BCUT2D eigenvalue weighted by Gasteiger charge is 2.13. The van der Waals surface area contributed by atoms with Gasteiger partial charge in [-0.05, 0) is 41.8 Å². The molecule has 0 unspecified atom stereocenters. The van der Waals surface area contributed by atoms with Crippen LogP contribution in [0.5, 0.6) is 0 Å². The molecule has 0 amide bonds. The fourth-order valence-electron chi connectivity index (χ4n) is 1.74. The minimum Gasteiger partial charge on any atom is -0.304 e. The molecule has 3 nitrogen and oxygen atoms in total. The van der Waals surface area contributed by atoms with E-state index >= 15 is 0 Å². The number of nitrogens with zero attached hydrogens (tertiary/aromatic N) is 3. The maximum atomic E-state index is 4.43. The molecule has 0 saturated carbocycles. The van der Waals surface area contributed by atoms with Gasteiger partial charge in [0.15, 0.2) is 0 Å². The van der Waals surface area contributed by atoms with Gasteiger partial charge in [0.25, 0.3) is 0 Å². The zero-order valence-electron chi connectivity index (χ0n) is 8.99. The van der Waals surface area contributed by atoms with Crippen molar-refractivity contribution < 1.29 is 0 Å². The molecule has 0 spiro atoms. The van der Waals surface area contributed by atoms with Gasteiger partial charge in [-0.2, -0.15) is 0 Å². The van der Waals surface area contributed by atoms with Crippen LogP contribution in [0.15, 0.2) is 18.3 Å². The Kier molecular flexibility index (Phi) is 3.93. The number of likely N-dealkylation sites (N-methyl/N-ethyl adjacent to an activating group) is 1. The van der Waals surface area contributed by atoms with Gasteiger partial charge in [-0.3, -0.25) is 9.88 Å². The van der Waals surface area contributed by atoms with Crippen LogP contribution in [-0.4, -0.2) is 48.0 Å². The maximum Gasteiger partial charge on any atom is 0.0544 e. The molecule has 0 atom stereocenters. The number of hydrogen-bond donors (Lipinski definition) is 0. The van der Waals surface area contributed by atoms with Crippen LogP contribution < -0.4 is 0 Å². The van der Waals surface area contributed by atoms with E-state index in [9.17, 15) is 0 Å². The maximum absolute atomic E-state index is 4.43. The average molecular weight is 317 g/mol. The van der Waals surface area contributed by atoms with Gasteiger partial charge in [0.2, 0.25) is 0 Å². The van der Waals surface area contributed by atoms with Crippen LogP contribution in [0.1, 0.15) is 5.69 Å². The van der Waals surface area contributed by atoms with Crippen molar-refractivity contribution in [2.75, 3.05) is 33.2 Å². The Bertz CT molecular complexity index is 304. The predicted molar refractivity (Wildman–Crippen MR) is 69.7 cm³/mol. The number of pyridine rings is 1. The van der Waals surface area contributed by atoms with Crippen LogP contribution in [0.4, 0.5) is 0 Å². The van der Waals surface area contributed by atoms with Crippen LogP contribution in [-0.2, 0) is 6.54 Å². The second-order valence-electron chi connectivity index (χ2n) is 4.05. The summed E-state index contributed by atoms with van der Waals surface area (Å²) in [5, 5.41) is 0. The van der Waals surface area contributed by atoms with E-state index in [0.29, 0.717) is 0 Å². The minimum absolute atomic E-state index is 0.991. The lowest BCUT2D eigenvalue weighted by atomic mass is 10.3. The second kappa shape index (κ2) is 5.23. The third-order valence-electron chi connectivity index (χ3n) is 2.77. The molecule has 4 heteroatoms. The SMILES string of the molecule is CN1CCN(Cc2ccc(I)cn2)CC1. The summed E-state index contributed by atoms with van der Waals surface area (Å²) in [6.07, 6.45) is 1.94. The molecule has 1 fully saturated rings. The van der Waals surface area contributed by atoms with Crippen molar-refractivity contribution in [3.63, 3.8) is 0 Å². The van der Waals surface area contributed by atoms with Crippen LogP contribution in [0, 0.1) is 3.57 Å². The predicted octanol–water partition coefficient (Wildman–Crippen LogP) is 1.43. The molecule has 15 heavy (non-hydrogen) atoms. The van der Waals surface area contributed by atoms with Crippen molar-refractivity contribution in [1.29, 1.82) is 0 Å². The fraction of sp³-hybridized carbons (Fsp3) is 0.545. The minimum atomic E-state index is 0.991. The van der Waals surface area contributed by atoms with Crippen LogP contribution in [0.3, 0.4) is 0 Å². The lowest BCUT2D eigenvalue weighted by Gasteiger charge is -2.32. The van der Waals surface area contributed by atoms with Crippen molar-refractivity contribution in [3.05, 3.63) is 27.6 Å². The van der Waals surface area contributed by atoms with Gasteiger partial charge in [0.05, 0.1) is 5.69 Å². The van der Waals surface area contributed by atoms with Crippen molar-refractivity contribution in [1.82, 2.24) is 14.8 Å². The molecule has 1 aromatic heterocycles. The van der Waals surface area contributed by atoms with Crippen molar-refractivity contribution in [3.8, 4) is 0 Å². The van der Waals surface area contributed by atoms with Crippen molar-refractivity contribution in [2.24, 2.45) is 0 Å². The van der Waals surface area contributed by atoms with E-state index in [2.05, 4.69) is 56.6 Å². The molecule has 0 bridgehead atoms. The molecule has 0 aromatic carbocycles. The summed E-state index contributed by atoms with van der Waals surface area (Å²) >= 11 is 2.29. The summed E-state index contributed by atoms with van der Waals surface area (Å²) < 4.78 is 1.20. The van der Waals surface area contributed by atoms with Gasteiger partial charge in [0, 0.05) is 42.5 Å². The summed E-state index contributed by atoms with van der Waals surface area (Å²) in [6.45, 7) is 5.65. The first-order chi connectivity index (χ1) is 7.24. The lowest BCUT2D eigenvalue weighted by molar-refractivity contribution is 0.147. The number of rotatable bonds is 2. The van der Waals surface area contributed by atoms with E-state index in [1.807, 2.05) is 6.20 Å². The van der Waals surface area contributed by atoms with E-state index in [1.165, 1.54) is 22.4 Å².